The summed E-state index contributed by atoms with van der Waals surface area (Å²) in [4.78, 5) is 15.3. The summed E-state index contributed by atoms with van der Waals surface area (Å²) in [5.74, 6) is -0.325. The van der Waals surface area contributed by atoms with Gasteiger partial charge in [0.25, 0.3) is 5.91 Å². The monoisotopic (exact) mass is 447 g/mol. The fourth-order valence-corrected chi connectivity index (χ4v) is 4.35. The first kappa shape index (κ1) is 23.2. The maximum absolute atomic E-state index is 13.1. The van der Waals surface area contributed by atoms with E-state index in [1.807, 2.05) is 29.2 Å². The third-order valence-corrected chi connectivity index (χ3v) is 6.91. The summed E-state index contributed by atoms with van der Waals surface area (Å²) in [5.41, 5.74) is 2.99. The van der Waals surface area contributed by atoms with Gasteiger partial charge < -0.3 is 19.7 Å². The number of methoxy groups -OCH3 is 1. The number of ether oxygens (including phenoxy) is 2. The van der Waals surface area contributed by atoms with Crippen LogP contribution < -0.4 is 10.2 Å². The molecule has 31 heavy (non-hydrogen) atoms. The van der Waals surface area contributed by atoms with Gasteiger partial charge >= 0.3 is 0 Å². The summed E-state index contributed by atoms with van der Waals surface area (Å²) in [5, 5.41) is 2.93. The lowest BCUT2D eigenvalue weighted by Crippen LogP contribution is -2.38. The van der Waals surface area contributed by atoms with Crippen LogP contribution in [0.4, 0.5) is 5.69 Å². The minimum absolute atomic E-state index is 0.0850. The Bertz CT molecular complexity index is 1020. The van der Waals surface area contributed by atoms with Gasteiger partial charge in [-0.2, -0.15) is 0 Å². The maximum atomic E-state index is 13.1. The van der Waals surface area contributed by atoms with E-state index in [0.29, 0.717) is 50.7 Å². The molecule has 1 saturated heterocycles. The topological polar surface area (TPSA) is 88.2 Å². The molecular formula is C22H29N3O5S. The number of sulfonamides is 1. The van der Waals surface area contributed by atoms with Crippen LogP contribution in [0.25, 0.3) is 0 Å². The van der Waals surface area contributed by atoms with Crippen LogP contribution >= 0.6 is 0 Å². The van der Waals surface area contributed by atoms with E-state index >= 15 is 0 Å². The Morgan fingerprint density at radius 3 is 2.52 bits per heavy atom. The average molecular weight is 448 g/mol. The Morgan fingerprint density at radius 2 is 1.84 bits per heavy atom. The van der Waals surface area contributed by atoms with E-state index in [1.165, 1.54) is 20.2 Å². The van der Waals surface area contributed by atoms with Crippen molar-refractivity contribution < 1.29 is 22.7 Å². The SMILES string of the molecule is COCc1cccc(CNC(=O)c2cc(S(=O)(=O)N(C)C)ccc2N2CCOCC2)c1. The van der Waals surface area contributed by atoms with E-state index in [9.17, 15) is 13.2 Å². The molecular weight excluding hydrogens is 418 g/mol. The molecule has 8 nitrogen and oxygen atoms in total. The third kappa shape index (κ3) is 5.62. The average Bonchev–Trinajstić information content (AvgIpc) is 2.78. The highest BCUT2D eigenvalue weighted by Gasteiger charge is 2.24. The fourth-order valence-electron chi connectivity index (χ4n) is 3.42. The second-order valence-corrected chi connectivity index (χ2v) is 9.65. The van der Waals surface area contributed by atoms with Crippen molar-refractivity contribution in [2.24, 2.45) is 0 Å². The predicted molar refractivity (Wildman–Crippen MR) is 119 cm³/mol. The van der Waals surface area contributed by atoms with Crippen LogP contribution in [0.5, 0.6) is 0 Å². The van der Waals surface area contributed by atoms with E-state index in [2.05, 4.69) is 5.32 Å². The normalized spacial score (nSPS) is 14.6. The summed E-state index contributed by atoms with van der Waals surface area (Å²) in [6, 6.07) is 12.5. The smallest absolute Gasteiger partial charge is 0.253 e. The van der Waals surface area contributed by atoms with Gasteiger partial charge in [-0.3, -0.25) is 4.79 Å². The van der Waals surface area contributed by atoms with E-state index in [-0.39, 0.29) is 10.8 Å². The molecule has 0 radical (unpaired) electrons. The van der Waals surface area contributed by atoms with E-state index in [1.54, 1.807) is 19.2 Å². The molecule has 2 aromatic carbocycles. The van der Waals surface area contributed by atoms with Crippen LogP contribution in [0, 0.1) is 0 Å². The van der Waals surface area contributed by atoms with Crippen LogP contribution in [-0.2, 0) is 32.6 Å². The first-order chi connectivity index (χ1) is 14.8. The Balaban J connectivity index is 1.88. The summed E-state index contributed by atoms with van der Waals surface area (Å²) in [6.07, 6.45) is 0. The molecule has 1 amide bonds. The summed E-state index contributed by atoms with van der Waals surface area (Å²) >= 11 is 0. The number of hydrogen-bond donors (Lipinski definition) is 1. The number of nitrogens with zero attached hydrogens (tertiary/aromatic N) is 2. The van der Waals surface area contributed by atoms with Gasteiger partial charge in [0.15, 0.2) is 0 Å². The Morgan fingerprint density at radius 1 is 1.13 bits per heavy atom. The zero-order chi connectivity index (χ0) is 22.4. The van der Waals surface area contributed by atoms with Crippen molar-refractivity contribution in [2.75, 3.05) is 52.4 Å². The summed E-state index contributed by atoms with van der Waals surface area (Å²) in [6.45, 7) is 3.21. The number of amides is 1. The van der Waals surface area contributed by atoms with Gasteiger partial charge in [0.2, 0.25) is 10.0 Å². The van der Waals surface area contributed by atoms with Crippen molar-refractivity contribution >= 4 is 21.6 Å². The van der Waals surface area contributed by atoms with Crippen molar-refractivity contribution in [3.63, 3.8) is 0 Å². The van der Waals surface area contributed by atoms with Gasteiger partial charge in [-0.1, -0.05) is 24.3 Å². The summed E-state index contributed by atoms with van der Waals surface area (Å²) < 4.78 is 37.0. The molecule has 0 bridgehead atoms. The lowest BCUT2D eigenvalue weighted by molar-refractivity contribution is 0.0949. The van der Waals surface area contributed by atoms with Crippen LogP contribution in [-0.4, -0.2) is 66.1 Å². The Kier molecular flexibility index (Phi) is 7.66. The Labute approximate surface area is 183 Å². The van der Waals surface area contributed by atoms with Gasteiger partial charge in [-0.15, -0.1) is 0 Å². The van der Waals surface area contributed by atoms with Crippen LogP contribution in [0.3, 0.4) is 0 Å². The zero-order valence-electron chi connectivity index (χ0n) is 18.1. The molecule has 168 valence electrons. The van der Waals surface area contributed by atoms with Gasteiger partial charge in [-0.05, 0) is 29.3 Å². The number of carbonyl (C=O) groups excluding carboxylic acids is 1. The standard InChI is InChI=1S/C22H29N3O5S/c1-24(2)31(27,28)19-7-8-21(25-9-11-30-12-10-25)20(14-19)22(26)23-15-17-5-4-6-18(13-17)16-29-3/h4-8,13-14H,9-12,15-16H2,1-3H3,(H,23,26). The molecule has 0 aromatic heterocycles. The second-order valence-electron chi connectivity index (χ2n) is 7.50. The maximum Gasteiger partial charge on any atom is 0.253 e. The molecule has 0 spiro atoms. The molecule has 9 heteroatoms. The predicted octanol–water partition coefficient (Wildman–Crippen LogP) is 1.85. The van der Waals surface area contributed by atoms with E-state index in [0.717, 1.165) is 15.4 Å². The number of morpholine rings is 1. The largest absolute Gasteiger partial charge is 0.380 e. The fraction of sp³-hybridized carbons (Fsp3) is 0.409. The highest BCUT2D eigenvalue weighted by atomic mass is 32.2. The second kappa shape index (κ2) is 10.2. The summed E-state index contributed by atoms with van der Waals surface area (Å²) in [7, 11) is 0.912. The number of benzene rings is 2. The van der Waals surface area contributed by atoms with Crippen molar-refractivity contribution in [3.05, 3.63) is 59.2 Å². The lowest BCUT2D eigenvalue weighted by atomic mass is 10.1. The van der Waals surface area contributed by atoms with E-state index < -0.39 is 10.0 Å². The number of nitrogens with one attached hydrogen (secondary N) is 1. The number of rotatable bonds is 8. The first-order valence-electron chi connectivity index (χ1n) is 10.1. The molecule has 1 fully saturated rings. The molecule has 1 N–H and O–H groups in total. The quantitative estimate of drug-likeness (QED) is 0.665. The molecule has 1 heterocycles. The molecule has 0 unspecified atom stereocenters. The molecule has 2 aromatic rings. The van der Waals surface area contributed by atoms with Crippen LogP contribution in [0.15, 0.2) is 47.4 Å². The van der Waals surface area contributed by atoms with Crippen LogP contribution in [0.1, 0.15) is 21.5 Å². The van der Waals surface area contributed by atoms with Gasteiger partial charge in [0, 0.05) is 46.5 Å². The molecule has 1 aliphatic heterocycles. The number of hydrogen-bond acceptors (Lipinski definition) is 6. The molecule has 0 aliphatic carbocycles. The van der Waals surface area contributed by atoms with Crippen LogP contribution in [0.2, 0.25) is 0 Å². The Hall–Kier alpha value is -2.46. The number of anilines is 1. The minimum atomic E-state index is -3.66. The van der Waals surface area contributed by atoms with Gasteiger partial charge in [0.1, 0.15) is 0 Å². The molecule has 0 saturated carbocycles. The first-order valence-corrected chi connectivity index (χ1v) is 11.5. The van der Waals surface area contributed by atoms with Crippen molar-refractivity contribution in [2.45, 2.75) is 18.0 Å². The van der Waals surface area contributed by atoms with E-state index in [4.69, 9.17) is 9.47 Å². The zero-order valence-corrected chi connectivity index (χ0v) is 18.9. The van der Waals surface area contributed by atoms with Crippen molar-refractivity contribution in [1.82, 2.24) is 9.62 Å². The van der Waals surface area contributed by atoms with Crippen molar-refractivity contribution in [1.29, 1.82) is 0 Å². The molecule has 0 atom stereocenters. The number of carbonyl (C=O) groups is 1. The molecule has 1 aliphatic rings. The van der Waals surface area contributed by atoms with Crippen molar-refractivity contribution in [3.8, 4) is 0 Å². The molecule has 3 rings (SSSR count). The lowest BCUT2D eigenvalue weighted by Gasteiger charge is -2.30. The third-order valence-electron chi connectivity index (χ3n) is 5.10. The van der Waals surface area contributed by atoms with Gasteiger partial charge in [0.05, 0.1) is 30.3 Å². The minimum Gasteiger partial charge on any atom is -0.380 e. The van der Waals surface area contributed by atoms with Gasteiger partial charge in [-0.25, -0.2) is 12.7 Å². The highest BCUT2D eigenvalue weighted by Crippen LogP contribution is 2.26. The highest BCUT2D eigenvalue weighted by molar-refractivity contribution is 7.89.